The van der Waals surface area contributed by atoms with E-state index >= 15 is 0 Å². The van der Waals surface area contributed by atoms with Crippen molar-refractivity contribution in [1.82, 2.24) is 10.6 Å². The van der Waals surface area contributed by atoms with E-state index in [1.807, 2.05) is 0 Å². The molecule has 1 aliphatic carbocycles. The van der Waals surface area contributed by atoms with E-state index in [0.717, 1.165) is 12.1 Å². The Labute approximate surface area is 113 Å². The number of hydrogen-bond acceptors (Lipinski definition) is 1. The molecule has 2 N–H and O–H groups in total. The summed E-state index contributed by atoms with van der Waals surface area (Å²) in [6, 6.07) is 6.01. The molecule has 2 amide bonds. The van der Waals surface area contributed by atoms with Crippen LogP contribution in [-0.4, -0.2) is 12.6 Å². The highest BCUT2D eigenvalue weighted by molar-refractivity contribution is 5.73. The van der Waals surface area contributed by atoms with Crippen LogP contribution in [0, 0.1) is 11.7 Å². The van der Waals surface area contributed by atoms with Crippen molar-refractivity contribution in [3.05, 3.63) is 35.6 Å². The van der Waals surface area contributed by atoms with Crippen LogP contribution in [0.4, 0.5) is 9.18 Å². The first kappa shape index (κ1) is 13.8. The maximum Gasteiger partial charge on any atom is 0.315 e. The molecule has 1 fully saturated rings. The predicted octanol–water partition coefficient (Wildman–Crippen LogP) is 3.21. The minimum Gasteiger partial charge on any atom is -0.338 e. The van der Waals surface area contributed by atoms with E-state index in [1.165, 1.54) is 44.2 Å². The summed E-state index contributed by atoms with van der Waals surface area (Å²) in [6.07, 6.45) is 6.33. The van der Waals surface area contributed by atoms with E-state index in [4.69, 9.17) is 0 Å². The largest absolute Gasteiger partial charge is 0.338 e. The molecule has 0 saturated heterocycles. The minimum atomic E-state index is -0.259. The molecule has 3 nitrogen and oxygen atoms in total. The normalized spacial score (nSPS) is 16.1. The van der Waals surface area contributed by atoms with Gasteiger partial charge < -0.3 is 10.6 Å². The molecular weight excluding hydrogens is 243 g/mol. The van der Waals surface area contributed by atoms with Gasteiger partial charge in [-0.3, -0.25) is 0 Å². The Morgan fingerprint density at radius 2 is 1.79 bits per heavy atom. The van der Waals surface area contributed by atoms with Gasteiger partial charge >= 0.3 is 6.03 Å². The first-order valence-electron chi connectivity index (χ1n) is 7.00. The molecule has 4 heteroatoms. The third-order valence-electron chi connectivity index (χ3n) is 3.64. The lowest BCUT2D eigenvalue weighted by atomic mass is 9.89. The number of carbonyl (C=O) groups excluding carboxylic acids is 1. The Morgan fingerprint density at radius 3 is 2.47 bits per heavy atom. The Hall–Kier alpha value is -1.58. The highest BCUT2D eigenvalue weighted by atomic mass is 19.1. The van der Waals surface area contributed by atoms with Gasteiger partial charge in [0, 0.05) is 13.1 Å². The van der Waals surface area contributed by atoms with Crippen molar-refractivity contribution in [3.63, 3.8) is 0 Å². The van der Waals surface area contributed by atoms with Crippen LogP contribution >= 0.6 is 0 Å². The second kappa shape index (κ2) is 7.12. The van der Waals surface area contributed by atoms with Crippen LogP contribution in [-0.2, 0) is 6.54 Å². The Balaban J connectivity index is 1.65. The molecule has 0 aromatic heterocycles. The maximum absolute atomic E-state index is 12.7. The van der Waals surface area contributed by atoms with Crippen LogP contribution in [0.1, 0.15) is 37.7 Å². The Morgan fingerprint density at radius 1 is 1.11 bits per heavy atom. The molecular formula is C15H21FN2O. The van der Waals surface area contributed by atoms with Crippen molar-refractivity contribution in [1.29, 1.82) is 0 Å². The topological polar surface area (TPSA) is 41.1 Å². The first-order valence-corrected chi connectivity index (χ1v) is 7.00. The Kier molecular flexibility index (Phi) is 5.19. The van der Waals surface area contributed by atoms with E-state index in [0.29, 0.717) is 12.5 Å². The van der Waals surface area contributed by atoms with Gasteiger partial charge in [0.05, 0.1) is 0 Å². The summed E-state index contributed by atoms with van der Waals surface area (Å²) in [5, 5.41) is 5.70. The predicted molar refractivity (Wildman–Crippen MR) is 73.2 cm³/mol. The van der Waals surface area contributed by atoms with Gasteiger partial charge in [0.1, 0.15) is 5.82 Å². The molecule has 0 radical (unpaired) electrons. The van der Waals surface area contributed by atoms with E-state index in [2.05, 4.69) is 10.6 Å². The maximum atomic E-state index is 12.7. The van der Waals surface area contributed by atoms with Gasteiger partial charge in [-0.1, -0.05) is 31.4 Å². The van der Waals surface area contributed by atoms with Crippen LogP contribution < -0.4 is 10.6 Å². The summed E-state index contributed by atoms with van der Waals surface area (Å²) in [7, 11) is 0. The van der Waals surface area contributed by atoms with Gasteiger partial charge in [0.25, 0.3) is 0 Å². The highest BCUT2D eigenvalue weighted by Gasteiger charge is 2.13. The number of carbonyl (C=O) groups is 1. The molecule has 104 valence electrons. The van der Waals surface area contributed by atoms with Crippen LogP contribution in [0.2, 0.25) is 0 Å². The average Bonchev–Trinajstić information content (AvgIpc) is 2.45. The van der Waals surface area contributed by atoms with Crippen molar-refractivity contribution < 1.29 is 9.18 Å². The van der Waals surface area contributed by atoms with Crippen molar-refractivity contribution in [3.8, 4) is 0 Å². The average molecular weight is 264 g/mol. The molecule has 1 aromatic rings. The van der Waals surface area contributed by atoms with Gasteiger partial charge in [0.2, 0.25) is 0 Å². The van der Waals surface area contributed by atoms with Crippen molar-refractivity contribution in [2.75, 3.05) is 6.54 Å². The number of benzene rings is 1. The molecule has 1 saturated carbocycles. The SMILES string of the molecule is O=C(NCc1ccc(F)cc1)NCC1CCCCC1. The summed E-state index contributed by atoms with van der Waals surface area (Å²) in [5.41, 5.74) is 0.897. The molecule has 0 unspecified atom stereocenters. The first-order chi connectivity index (χ1) is 9.24. The zero-order chi connectivity index (χ0) is 13.5. The van der Waals surface area contributed by atoms with Gasteiger partial charge in [-0.2, -0.15) is 0 Å². The van der Waals surface area contributed by atoms with Gasteiger partial charge in [-0.05, 0) is 36.5 Å². The number of halogens is 1. The molecule has 0 atom stereocenters. The Bertz CT molecular complexity index is 399. The fraction of sp³-hybridized carbons (Fsp3) is 0.533. The van der Waals surface area contributed by atoms with Crippen molar-refractivity contribution >= 4 is 6.03 Å². The fourth-order valence-electron chi connectivity index (χ4n) is 2.48. The zero-order valence-corrected chi connectivity index (χ0v) is 11.1. The second-order valence-electron chi connectivity index (χ2n) is 5.19. The highest BCUT2D eigenvalue weighted by Crippen LogP contribution is 2.22. The number of hydrogen-bond donors (Lipinski definition) is 2. The molecule has 19 heavy (non-hydrogen) atoms. The van der Waals surface area contributed by atoms with Crippen LogP contribution in [0.5, 0.6) is 0 Å². The summed E-state index contributed by atoms with van der Waals surface area (Å²) in [5.74, 6) is 0.371. The van der Waals surface area contributed by atoms with E-state index in [1.54, 1.807) is 12.1 Å². The molecule has 0 spiro atoms. The van der Waals surface area contributed by atoms with Gasteiger partial charge in [-0.25, -0.2) is 9.18 Å². The lowest BCUT2D eigenvalue weighted by Gasteiger charge is -2.21. The van der Waals surface area contributed by atoms with Crippen LogP contribution in [0.25, 0.3) is 0 Å². The third-order valence-corrected chi connectivity index (χ3v) is 3.64. The molecule has 1 aromatic carbocycles. The monoisotopic (exact) mass is 264 g/mol. The second-order valence-corrected chi connectivity index (χ2v) is 5.19. The minimum absolute atomic E-state index is 0.144. The van der Waals surface area contributed by atoms with Crippen LogP contribution in [0.15, 0.2) is 24.3 Å². The van der Waals surface area contributed by atoms with Crippen molar-refractivity contribution in [2.24, 2.45) is 5.92 Å². The van der Waals surface area contributed by atoms with Crippen molar-refractivity contribution in [2.45, 2.75) is 38.6 Å². The fourth-order valence-corrected chi connectivity index (χ4v) is 2.48. The number of amides is 2. The summed E-state index contributed by atoms with van der Waals surface area (Å²) in [6.45, 7) is 1.19. The molecule has 0 bridgehead atoms. The molecule has 2 rings (SSSR count). The summed E-state index contributed by atoms with van der Waals surface area (Å²) < 4.78 is 12.7. The van der Waals surface area contributed by atoms with Gasteiger partial charge in [0.15, 0.2) is 0 Å². The number of nitrogens with one attached hydrogen (secondary N) is 2. The summed E-state index contributed by atoms with van der Waals surface area (Å²) >= 11 is 0. The lowest BCUT2D eigenvalue weighted by Crippen LogP contribution is -2.38. The number of rotatable bonds is 4. The smallest absolute Gasteiger partial charge is 0.315 e. The standard InChI is InChI=1S/C15H21FN2O/c16-14-8-6-13(7-9-14)11-18-15(19)17-10-12-4-2-1-3-5-12/h6-9,12H,1-5,10-11H2,(H2,17,18,19). The van der Waals surface area contributed by atoms with Gasteiger partial charge in [-0.15, -0.1) is 0 Å². The summed E-state index contributed by atoms with van der Waals surface area (Å²) in [4.78, 5) is 11.6. The van der Waals surface area contributed by atoms with Crippen LogP contribution in [0.3, 0.4) is 0 Å². The molecule has 0 aliphatic heterocycles. The molecule has 1 aliphatic rings. The molecule has 0 heterocycles. The third kappa shape index (κ3) is 4.89. The van der Waals surface area contributed by atoms with E-state index < -0.39 is 0 Å². The quantitative estimate of drug-likeness (QED) is 0.861. The number of urea groups is 1. The zero-order valence-electron chi connectivity index (χ0n) is 11.1. The van der Waals surface area contributed by atoms with E-state index in [-0.39, 0.29) is 11.8 Å². The van der Waals surface area contributed by atoms with E-state index in [9.17, 15) is 9.18 Å². The lowest BCUT2D eigenvalue weighted by molar-refractivity contribution is 0.236.